The minimum Gasteiger partial charge on any atom is -0.325 e. The van der Waals surface area contributed by atoms with E-state index in [4.69, 9.17) is 5.73 Å². The lowest BCUT2D eigenvalue weighted by Crippen LogP contribution is -2.01. The van der Waals surface area contributed by atoms with Crippen molar-refractivity contribution in [2.45, 2.75) is 6.54 Å². The molecule has 0 aliphatic heterocycles. The Labute approximate surface area is 118 Å². The van der Waals surface area contributed by atoms with Crippen LogP contribution in [0.1, 0.15) is 5.69 Å². The number of rotatable bonds is 3. The van der Waals surface area contributed by atoms with Crippen molar-refractivity contribution < 1.29 is 0 Å². The predicted octanol–water partition coefficient (Wildman–Crippen LogP) is 3.87. The van der Waals surface area contributed by atoms with Gasteiger partial charge in [-0.3, -0.25) is 4.98 Å². The molecule has 0 atom stereocenters. The van der Waals surface area contributed by atoms with Gasteiger partial charge in [0.15, 0.2) is 0 Å². The van der Waals surface area contributed by atoms with Crippen LogP contribution < -0.4 is 5.73 Å². The van der Waals surface area contributed by atoms with E-state index < -0.39 is 0 Å². The third kappa shape index (κ3) is 2.60. The molecular formula is C18H16N2. The molecule has 2 nitrogen and oxygen atoms in total. The summed E-state index contributed by atoms with van der Waals surface area (Å²) >= 11 is 0. The molecule has 0 bridgehead atoms. The molecule has 0 aliphatic carbocycles. The Bertz CT molecular complexity index is 633. The minimum atomic E-state index is 0.445. The molecule has 0 fully saturated rings. The van der Waals surface area contributed by atoms with Gasteiger partial charge in [0.1, 0.15) is 0 Å². The second-order valence-electron chi connectivity index (χ2n) is 4.67. The van der Waals surface area contributed by atoms with Crippen LogP contribution in [0.15, 0.2) is 72.8 Å². The van der Waals surface area contributed by atoms with Crippen LogP contribution in [0, 0.1) is 0 Å². The van der Waals surface area contributed by atoms with Crippen LogP contribution in [0.5, 0.6) is 0 Å². The van der Waals surface area contributed by atoms with E-state index in [1.54, 1.807) is 0 Å². The Hall–Kier alpha value is -2.45. The van der Waals surface area contributed by atoms with Crippen LogP contribution in [0.25, 0.3) is 22.4 Å². The van der Waals surface area contributed by atoms with Crippen molar-refractivity contribution in [3.63, 3.8) is 0 Å². The van der Waals surface area contributed by atoms with Crippen molar-refractivity contribution in [2.75, 3.05) is 0 Å². The lowest BCUT2D eigenvalue weighted by Gasteiger charge is -2.08. The summed E-state index contributed by atoms with van der Waals surface area (Å²) in [5, 5.41) is 0. The van der Waals surface area contributed by atoms with Gasteiger partial charge in [-0.1, -0.05) is 60.7 Å². The van der Waals surface area contributed by atoms with Gasteiger partial charge in [0.2, 0.25) is 0 Å². The molecule has 1 aromatic heterocycles. The Morgan fingerprint density at radius 1 is 0.700 bits per heavy atom. The van der Waals surface area contributed by atoms with E-state index in [0.29, 0.717) is 6.54 Å². The molecular weight excluding hydrogens is 244 g/mol. The molecule has 0 radical (unpaired) electrons. The Morgan fingerprint density at radius 3 is 1.90 bits per heavy atom. The molecule has 0 aliphatic rings. The summed E-state index contributed by atoms with van der Waals surface area (Å²) in [6, 6.07) is 24.7. The average molecular weight is 260 g/mol. The fourth-order valence-corrected chi connectivity index (χ4v) is 2.25. The second kappa shape index (κ2) is 5.68. The molecule has 2 aromatic carbocycles. The first kappa shape index (κ1) is 12.6. The van der Waals surface area contributed by atoms with Crippen LogP contribution in [-0.4, -0.2) is 4.98 Å². The summed E-state index contributed by atoms with van der Waals surface area (Å²) in [5.41, 5.74) is 11.1. The van der Waals surface area contributed by atoms with E-state index >= 15 is 0 Å². The van der Waals surface area contributed by atoms with E-state index in [0.717, 1.165) is 22.5 Å². The maximum Gasteiger partial charge on any atom is 0.0712 e. The molecule has 0 spiro atoms. The van der Waals surface area contributed by atoms with Crippen molar-refractivity contribution in [3.8, 4) is 22.4 Å². The highest BCUT2D eigenvalue weighted by atomic mass is 14.7. The summed E-state index contributed by atoms with van der Waals surface area (Å²) < 4.78 is 0. The van der Waals surface area contributed by atoms with Gasteiger partial charge in [-0.05, 0) is 23.3 Å². The highest BCUT2D eigenvalue weighted by molar-refractivity contribution is 5.70. The van der Waals surface area contributed by atoms with Gasteiger partial charge in [-0.2, -0.15) is 0 Å². The highest BCUT2D eigenvalue weighted by Crippen LogP contribution is 2.25. The largest absolute Gasteiger partial charge is 0.325 e. The monoisotopic (exact) mass is 260 g/mol. The van der Waals surface area contributed by atoms with Gasteiger partial charge in [0.25, 0.3) is 0 Å². The van der Waals surface area contributed by atoms with Gasteiger partial charge in [-0.25, -0.2) is 0 Å². The number of hydrogen-bond acceptors (Lipinski definition) is 2. The number of nitrogens with two attached hydrogens (primary N) is 1. The third-order valence-corrected chi connectivity index (χ3v) is 3.26. The van der Waals surface area contributed by atoms with E-state index in [9.17, 15) is 0 Å². The highest BCUT2D eigenvalue weighted by Gasteiger charge is 2.05. The summed E-state index contributed by atoms with van der Waals surface area (Å²) in [4.78, 5) is 4.62. The van der Waals surface area contributed by atoms with Crippen LogP contribution >= 0.6 is 0 Å². The Morgan fingerprint density at radius 2 is 1.30 bits per heavy atom. The van der Waals surface area contributed by atoms with Crippen LogP contribution in [0.3, 0.4) is 0 Å². The molecule has 2 N–H and O–H groups in total. The maximum atomic E-state index is 5.78. The normalized spacial score (nSPS) is 10.4. The molecule has 98 valence electrons. The summed E-state index contributed by atoms with van der Waals surface area (Å²) in [5.74, 6) is 0. The number of benzene rings is 2. The van der Waals surface area contributed by atoms with Crippen molar-refractivity contribution in [2.24, 2.45) is 5.73 Å². The molecule has 20 heavy (non-hydrogen) atoms. The predicted molar refractivity (Wildman–Crippen MR) is 83.0 cm³/mol. The van der Waals surface area contributed by atoms with Crippen LogP contribution in [0.2, 0.25) is 0 Å². The summed E-state index contributed by atoms with van der Waals surface area (Å²) in [6.07, 6.45) is 0. The molecule has 0 amide bonds. The average Bonchev–Trinajstić information content (AvgIpc) is 2.56. The van der Waals surface area contributed by atoms with Crippen molar-refractivity contribution in [3.05, 3.63) is 78.5 Å². The second-order valence-corrected chi connectivity index (χ2v) is 4.67. The third-order valence-electron chi connectivity index (χ3n) is 3.26. The zero-order valence-electron chi connectivity index (χ0n) is 11.2. The Kier molecular flexibility index (Phi) is 3.57. The first-order valence-corrected chi connectivity index (χ1v) is 6.69. The number of aromatic nitrogens is 1. The van der Waals surface area contributed by atoms with Gasteiger partial charge in [0.05, 0.1) is 11.4 Å². The van der Waals surface area contributed by atoms with E-state index in [1.807, 2.05) is 36.4 Å². The number of hydrogen-bond donors (Lipinski definition) is 1. The van der Waals surface area contributed by atoms with Crippen molar-refractivity contribution in [1.82, 2.24) is 4.98 Å². The van der Waals surface area contributed by atoms with Crippen molar-refractivity contribution >= 4 is 0 Å². The quantitative estimate of drug-likeness (QED) is 0.776. The lowest BCUT2D eigenvalue weighted by atomic mass is 10.0. The smallest absolute Gasteiger partial charge is 0.0712 e. The Balaban J connectivity index is 2.13. The molecule has 3 aromatic rings. The fraction of sp³-hybridized carbons (Fsp3) is 0.0556. The topological polar surface area (TPSA) is 38.9 Å². The molecule has 2 heteroatoms. The molecule has 0 saturated heterocycles. The van der Waals surface area contributed by atoms with Gasteiger partial charge in [0, 0.05) is 12.1 Å². The SMILES string of the molecule is NCc1cc(-c2ccccc2)cc(-c2ccccc2)n1. The first-order chi connectivity index (χ1) is 9.86. The molecule has 1 heterocycles. The summed E-state index contributed by atoms with van der Waals surface area (Å²) in [6.45, 7) is 0.445. The standard InChI is InChI=1S/C18H16N2/c19-13-17-11-16(14-7-3-1-4-8-14)12-18(20-17)15-9-5-2-6-10-15/h1-12H,13,19H2. The zero-order valence-corrected chi connectivity index (χ0v) is 11.2. The van der Waals surface area contributed by atoms with Crippen LogP contribution in [-0.2, 0) is 6.54 Å². The number of nitrogens with zero attached hydrogens (tertiary/aromatic N) is 1. The van der Waals surface area contributed by atoms with Crippen LogP contribution in [0.4, 0.5) is 0 Å². The van der Waals surface area contributed by atoms with Gasteiger partial charge < -0.3 is 5.73 Å². The zero-order chi connectivity index (χ0) is 13.8. The maximum absolute atomic E-state index is 5.78. The van der Waals surface area contributed by atoms with Gasteiger partial charge in [-0.15, -0.1) is 0 Å². The van der Waals surface area contributed by atoms with E-state index in [2.05, 4.69) is 41.4 Å². The van der Waals surface area contributed by atoms with Gasteiger partial charge >= 0.3 is 0 Å². The lowest BCUT2D eigenvalue weighted by molar-refractivity contribution is 0.994. The minimum absolute atomic E-state index is 0.445. The van der Waals surface area contributed by atoms with Crippen molar-refractivity contribution in [1.29, 1.82) is 0 Å². The molecule has 0 saturated carbocycles. The first-order valence-electron chi connectivity index (χ1n) is 6.69. The molecule has 0 unspecified atom stereocenters. The van der Waals surface area contributed by atoms with E-state index in [1.165, 1.54) is 5.56 Å². The fourth-order valence-electron chi connectivity index (χ4n) is 2.25. The molecule has 3 rings (SSSR count). The van der Waals surface area contributed by atoms with E-state index in [-0.39, 0.29) is 0 Å². The number of pyridine rings is 1. The summed E-state index contributed by atoms with van der Waals surface area (Å²) in [7, 11) is 0.